The van der Waals surface area contributed by atoms with E-state index < -0.39 is 74.9 Å². The molecule has 1 saturated heterocycles. The van der Waals surface area contributed by atoms with E-state index in [1.807, 2.05) is 0 Å². The van der Waals surface area contributed by atoms with Gasteiger partial charge in [0.1, 0.15) is 48.8 Å². The Morgan fingerprint density at radius 3 is 1.96 bits per heavy atom. The minimum atomic E-state index is -1.86. The molecule has 1 rings (SSSR count). The summed E-state index contributed by atoms with van der Waals surface area (Å²) in [7, 11) is 0. The lowest BCUT2D eigenvalue weighted by Gasteiger charge is -2.40. The van der Waals surface area contributed by atoms with Crippen LogP contribution >= 0.6 is 0 Å². The van der Waals surface area contributed by atoms with Crippen LogP contribution in [-0.2, 0) is 9.47 Å². The van der Waals surface area contributed by atoms with Crippen LogP contribution in [-0.4, -0.2) is 121 Å². The normalized spacial score (nSPS) is 37.2. The number of hydrogen-bond donors (Lipinski definition) is 9. The van der Waals surface area contributed by atoms with Crippen molar-refractivity contribution in [1.29, 1.82) is 0 Å². The Labute approximate surface area is 131 Å². The highest BCUT2D eigenvalue weighted by Crippen LogP contribution is 2.22. The molecule has 0 aromatic rings. The van der Waals surface area contributed by atoms with Crippen LogP contribution in [0.4, 0.5) is 0 Å². The monoisotopic (exact) mass is 344 g/mol. The van der Waals surface area contributed by atoms with Gasteiger partial charge in [-0.3, -0.25) is 0 Å². The van der Waals surface area contributed by atoms with Crippen LogP contribution in [0.15, 0.2) is 0 Å². The second kappa shape index (κ2) is 9.15. The van der Waals surface area contributed by atoms with Crippen LogP contribution < -0.4 is 0 Å². The van der Waals surface area contributed by atoms with Gasteiger partial charge in [-0.2, -0.15) is 0 Å². The van der Waals surface area contributed by atoms with Crippen LogP contribution in [0, 0.1) is 0 Å². The van der Waals surface area contributed by atoms with Crippen molar-refractivity contribution >= 4 is 0 Å². The summed E-state index contributed by atoms with van der Waals surface area (Å²) in [6.07, 6.45) is -14.7. The molecule has 0 amide bonds. The molecule has 9 atom stereocenters. The van der Waals surface area contributed by atoms with Crippen LogP contribution in [0.1, 0.15) is 0 Å². The highest BCUT2D eigenvalue weighted by molar-refractivity contribution is 4.90. The first-order valence-corrected chi connectivity index (χ1v) is 6.99. The van der Waals surface area contributed by atoms with Gasteiger partial charge in [-0.05, 0) is 0 Å². The third-order valence-electron chi connectivity index (χ3n) is 3.62. The summed E-state index contributed by atoms with van der Waals surface area (Å²) in [4.78, 5) is 0. The van der Waals surface area contributed by atoms with Crippen molar-refractivity contribution in [2.75, 3.05) is 19.8 Å². The number of hydrogen-bond acceptors (Lipinski definition) is 11. The fraction of sp³-hybridized carbons (Fsp3) is 1.00. The third-order valence-corrected chi connectivity index (χ3v) is 3.62. The van der Waals surface area contributed by atoms with Gasteiger partial charge in [0.15, 0.2) is 6.29 Å². The van der Waals surface area contributed by atoms with Crippen LogP contribution in [0.25, 0.3) is 0 Å². The number of rotatable bonds is 8. The molecule has 0 aromatic heterocycles. The number of ether oxygens (including phenoxy) is 2. The van der Waals surface area contributed by atoms with Crippen LogP contribution in [0.5, 0.6) is 0 Å². The van der Waals surface area contributed by atoms with E-state index in [4.69, 9.17) is 19.7 Å². The predicted octanol–water partition coefficient (Wildman–Crippen LogP) is -5.76. The minimum absolute atomic E-state index is 0.652. The van der Waals surface area contributed by atoms with Crippen LogP contribution in [0.3, 0.4) is 0 Å². The standard InChI is InChI=1S/C12H24O11/c13-1-4(15)7(17)8(18)5(16)3-22-11-6(2-14)23-12(21)10(20)9(11)19/h4-21H,1-3H2. The first kappa shape index (κ1) is 20.6. The SMILES string of the molecule is OCC(O)C(O)C(O)C(O)COC1C(CO)OC(O)C(O)C1O. The van der Waals surface area contributed by atoms with E-state index >= 15 is 0 Å². The van der Waals surface area contributed by atoms with Crippen molar-refractivity contribution in [2.24, 2.45) is 0 Å². The molecule has 11 heteroatoms. The summed E-state index contributed by atoms with van der Waals surface area (Å²) >= 11 is 0. The summed E-state index contributed by atoms with van der Waals surface area (Å²) in [5.74, 6) is 0. The van der Waals surface area contributed by atoms with Crippen molar-refractivity contribution in [3.05, 3.63) is 0 Å². The van der Waals surface area contributed by atoms with Crippen molar-refractivity contribution in [1.82, 2.24) is 0 Å². The van der Waals surface area contributed by atoms with E-state index in [-0.39, 0.29) is 0 Å². The van der Waals surface area contributed by atoms with Crippen molar-refractivity contribution in [2.45, 2.75) is 55.1 Å². The second-order valence-electron chi connectivity index (χ2n) is 5.33. The lowest BCUT2D eigenvalue weighted by Crippen LogP contribution is -2.60. The topological polar surface area (TPSA) is 201 Å². The quantitative estimate of drug-likeness (QED) is 0.203. The Balaban J connectivity index is 2.60. The maximum Gasteiger partial charge on any atom is 0.184 e. The Bertz CT molecular complexity index is 341. The van der Waals surface area contributed by atoms with Crippen molar-refractivity contribution in [3.63, 3.8) is 0 Å². The molecule has 0 aromatic carbocycles. The lowest BCUT2D eigenvalue weighted by molar-refractivity contribution is -0.297. The summed E-state index contributed by atoms with van der Waals surface area (Å²) < 4.78 is 9.92. The summed E-state index contributed by atoms with van der Waals surface area (Å²) in [5.41, 5.74) is 0. The number of aliphatic hydroxyl groups is 9. The zero-order valence-corrected chi connectivity index (χ0v) is 12.2. The molecule has 11 nitrogen and oxygen atoms in total. The molecule has 23 heavy (non-hydrogen) atoms. The minimum Gasteiger partial charge on any atom is -0.394 e. The molecular formula is C12H24O11. The van der Waals surface area contributed by atoms with Gasteiger partial charge >= 0.3 is 0 Å². The molecule has 9 N–H and O–H groups in total. The fourth-order valence-electron chi connectivity index (χ4n) is 2.14. The smallest absolute Gasteiger partial charge is 0.184 e. The second-order valence-corrected chi connectivity index (χ2v) is 5.33. The van der Waals surface area contributed by atoms with Crippen molar-refractivity contribution < 1.29 is 55.4 Å². The van der Waals surface area contributed by atoms with E-state index in [0.29, 0.717) is 0 Å². The van der Waals surface area contributed by atoms with E-state index in [0.717, 1.165) is 0 Å². The van der Waals surface area contributed by atoms with Gasteiger partial charge in [-0.15, -0.1) is 0 Å². The Kier molecular flexibility index (Phi) is 8.20. The molecule has 0 aliphatic carbocycles. The first-order chi connectivity index (χ1) is 10.7. The summed E-state index contributed by atoms with van der Waals surface area (Å²) in [6.45, 7) is -2.14. The molecular weight excluding hydrogens is 320 g/mol. The maximum atomic E-state index is 9.80. The summed E-state index contributed by atoms with van der Waals surface area (Å²) in [5, 5.41) is 84.4. The fourth-order valence-corrected chi connectivity index (χ4v) is 2.14. The molecule has 1 heterocycles. The highest BCUT2D eigenvalue weighted by atomic mass is 16.7. The molecule has 1 aliphatic rings. The molecule has 0 spiro atoms. The highest BCUT2D eigenvalue weighted by Gasteiger charge is 2.45. The van der Waals surface area contributed by atoms with Gasteiger partial charge in [0.25, 0.3) is 0 Å². The third kappa shape index (κ3) is 5.01. The molecule has 0 saturated carbocycles. The number of aliphatic hydroxyl groups excluding tert-OH is 9. The summed E-state index contributed by atoms with van der Waals surface area (Å²) in [6, 6.07) is 0. The van der Waals surface area contributed by atoms with Gasteiger partial charge in [0.05, 0.1) is 19.8 Å². The zero-order valence-electron chi connectivity index (χ0n) is 12.2. The molecule has 0 radical (unpaired) electrons. The van der Waals surface area contributed by atoms with Gasteiger partial charge in [-0.1, -0.05) is 0 Å². The van der Waals surface area contributed by atoms with E-state index in [1.165, 1.54) is 0 Å². The largest absolute Gasteiger partial charge is 0.394 e. The molecule has 1 aliphatic heterocycles. The van der Waals surface area contributed by atoms with Crippen LogP contribution in [0.2, 0.25) is 0 Å². The Morgan fingerprint density at radius 1 is 0.870 bits per heavy atom. The van der Waals surface area contributed by atoms with E-state index in [1.54, 1.807) is 0 Å². The maximum absolute atomic E-state index is 9.80. The van der Waals surface area contributed by atoms with Gasteiger partial charge in [0, 0.05) is 0 Å². The predicted molar refractivity (Wildman–Crippen MR) is 70.8 cm³/mol. The zero-order chi connectivity index (χ0) is 17.7. The Morgan fingerprint density at radius 2 is 1.43 bits per heavy atom. The lowest BCUT2D eigenvalue weighted by atomic mass is 9.98. The molecule has 9 unspecified atom stereocenters. The van der Waals surface area contributed by atoms with Gasteiger partial charge in [-0.25, -0.2) is 0 Å². The van der Waals surface area contributed by atoms with E-state index in [9.17, 15) is 35.7 Å². The molecule has 138 valence electrons. The van der Waals surface area contributed by atoms with Gasteiger partial charge in [0.2, 0.25) is 0 Å². The van der Waals surface area contributed by atoms with Gasteiger partial charge < -0.3 is 55.4 Å². The average molecular weight is 344 g/mol. The van der Waals surface area contributed by atoms with Crippen molar-refractivity contribution in [3.8, 4) is 0 Å². The Hall–Kier alpha value is -0.440. The first-order valence-electron chi connectivity index (χ1n) is 6.99. The molecule has 1 fully saturated rings. The molecule has 0 bridgehead atoms. The average Bonchev–Trinajstić information content (AvgIpc) is 2.55. The van der Waals surface area contributed by atoms with E-state index in [2.05, 4.69) is 0 Å².